The average molecular weight is 254 g/mol. The molecular weight excluding hydrogens is 224 g/mol. The lowest BCUT2D eigenvalue weighted by atomic mass is 9.80. The molecule has 0 rings (SSSR count). The van der Waals surface area contributed by atoms with E-state index in [1.807, 2.05) is 0 Å². The summed E-state index contributed by atoms with van der Waals surface area (Å²) in [7, 11) is 0. The molecule has 18 heavy (non-hydrogen) atoms. The Balaban J connectivity index is 4.07. The molecule has 0 heterocycles. The lowest BCUT2D eigenvalue weighted by molar-refractivity contribution is -0.123. The summed E-state index contributed by atoms with van der Waals surface area (Å²) in [5, 5.41) is 0. The third-order valence-corrected chi connectivity index (χ3v) is 3.03. The zero-order chi connectivity index (χ0) is 14.3. The van der Waals surface area contributed by atoms with Gasteiger partial charge in [-0.1, -0.05) is 41.5 Å². The first kappa shape index (κ1) is 17.3. The van der Waals surface area contributed by atoms with E-state index in [2.05, 4.69) is 41.5 Å². The molecule has 106 valence electrons. The largest absolute Gasteiger partial charge is 0.300 e. The Labute approximate surface area is 113 Å². The normalized spacial score (nSPS) is 12.2. The maximum atomic E-state index is 11.8. The SMILES string of the molecule is CC(C)CC(=O)CCC(C)(C)CC(=O)CC(C)C. The minimum Gasteiger partial charge on any atom is -0.300 e. The highest BCUT2D eigenvalue weighted by molar-refractivity contribution is 5.80. The van der Waals surface area contributed by atoms with Crippen LogP contribution in [0.3, 0.4) is 0 Å². The van der Waals surface area contributed by atoms with Crippen molar-refractivity contribution >= 4 is 11.6 Å². The molecule has 0 saturated carbocycles. The Bertz CT molecular complexity index is 275. The molecule has 0 N–H and O–H groups in total. The predicted octanol–water partition coefficient (Wildman–Crippen LogP) is 4.41. The summed E-state index contributed by atoms with van der Waals surface area (Å²) in [6.45, 7) is 12.4. The van der Waals surface area contributed by atoms with Gasteiger partial charge < -0.3 is 0 Å². The molecule has 0 aromatic heterocycles. The molecule has 0 aliphatic carbocycles. The molecule has 0 saturated heterocycles. The van der Waals surface area contributed by atoms with Crippen LogP contribution in [-0.4, -0.2) is 11.6 Å². The molecule has 2 heteroatoms. The summed E-state index contributed by atoms with van der Waals surface area (Å²) >= 11 is 0. The van der Waals surface area contributed by atoms with Crippen molar-refractivity contribution in [2.75, 3.05) is 0 Å². The number of hydrogen-bond acceptors (Lipinski definition) is 2. The fraction of sp³-hybridized carbons (Fsp3) is 0.875. The maximum Gasteiger partial charge on any atom is 0.133 e. The van der Waals surface area contributed by atoms with Crippen LogP contribution in [0.4, 0.5) is 0 Å². The van der Waals surface area contributed by atoms with Gasteiger partial charge in [-0.2, -0.15) is 0 Å². The van der Waals surface area contributed by atoms with Gasteiger partial charge in [-0.25, -0.2) is 0 Å². The molecule has 0 fully saturated rings. The summed E-state index contributed by atoms with van der Waals surface area (Å²) in [6.07, 6.45) is 3.35. The average Bonchev–Trinajstić information content (AvgIpc) is 2.11. The van der Waals surface area contributed by atoms with Gasteiger partial charge in [-0.05, 0) is 23.7 Å². The van der Waals surface area contributed by atoms with Crippen molar-refractivity contribution in [1.29, 1.82) is 0 Å². The first-order chi connectivity index (χ1) is 8.12. The molecule has 0 aromatic rings. The third kappa shape index (κ3) is 9.38. The number of carbonyl (C=O) groups is 2. The van der Waals surface area contributed by atoms with E-state index in [1.165, 1.54) is 0 Å². The second-order valence-corrected chi connectivity index (χ2v) is 7.11. The lowest BCUT2D eigenvalue weighted by Crippen LogP contribution is -2.19. The van der Waals surface area contributed by atoms with E-state index in [-0.39, 0.29) is 5.41 Å². The Hall–Kier alpha value is -0.660. The van der Waals surface area contributed by atoms with Crippen LogP contribution in [0.2, 0.25) is 0 Å². The Morgan fingerprint density at radius 2 is 1.33 bits per heavy atom. The van der Waals surface area contributed by atoms with Crippen molar-refractivity contribution in [3.05, 3.63) is 0 Å². The van der Waals surface area contributed by atoms with Crippen LogP contribution in [-0.2, 0) is 9.59 Å². The van der Waals surface area contributed by atoms with Crippen molar-refractivity contribution in [1.82, 2.24) is 0 Å². The number of carbonyl (C=O) groups excluding carboxylic acids is 2. The third-order valence-electron chi connectivity index (χ3n) is 3.03. The topological polar surface area (TPSA) is 34.1 Å². The lowest BCUT2D eigenvalue weighted by Gasteiger charge is -2.24. The van der Waals surface area contributed by atoms with E-state index in [0.717, 1.165) is 6.42 Å². The van der Waals surface area contributed by atoms with E-state index in [1.54, 1.807) is 0 Å². The Morgan fingerprint density at radius 1 is 0.889 bits per heavy atom. The van der Waals surface area contributed by atoms with Crippen LogP contribution in [0.5, 0.6) is 0 Å². The van der Waals surface area contributed by atoms with Gasteiger partial charge in [0.05, 0.1) is 0 Å². The van der Waals surface area contributed by atoms with Crippen LogP contribution in [0, 0.1) is 17.3 Å². The molecule has 0 spiro atoms. The molecule has 0 aliphatic rings. The number of Topliss-reactive ketones (excluding diaryl/α,β-unsaturated/α-hetero) is 2. The fourth-order valence-corrected chi connectivity index (χ4v) is 2.18. The Kier molecular flexibility index (Phi) is 7.42. The molecule has 0 unspecified atom stereocenters. The monoisotopic (exact) mass is 254 g/mol. The standard InChI is InChI=1S/C16H30O2/c1-12(2)9-14(17)7-8-16(5,6)11-15(18)10-13(3)4/h12-13H,7-11H2,1-6H3. The molecule has 0 radical (unpaired) electrons. The van der Waals surface area contributed by atoms with Crippen molar-refractivity contribution in [3.63, 3.8) is 0 Å². The van der Waals surface area contributed by atoms with Gasteiger partial charge >= 0.3 is 0 Å². The van der Waals surface area contributed by atoms with E-state index < -0.39 is 0 Å². The fourth-order valence-electron chi connectivity index (χ4n) is 2.18. The molecular formula is C16H30O2. The predicted molar refractivity (Wildman–Crippen MR) is 76.6 cm³/mol. The highest BCUT2D eigenvalue weighted by Gasteiger charge is 2.23. The van der Waals surface area contributed by atoms with Gasteiger partial charge in [-0.3, -0.25) is 9.59 Å². The van der Waals surface area contributed by atoms with Crippen LogP contribution < -0.4 is 0 Å². The number of ketones is 2. The summed E-state index contributed by atoms with van der Waals surface area (Å²) in [5.41, 5.74) is -0.0430. The maximum absolute atomic E-state index is 11.8. The number of rotatable bonds is 9. The molecule has 2 nitrogen and oxygen atoms in total. The second-order valence-electron chi connectivity index (χ2n) is 7.11. The van der Waals surface area contributed by atoms with Gasteiger partial charge in [0.1, 0.15) is 11.6 Å². The smallest absolute Gasteiger partial charge is 0.133 e. The summed E-state index contributed by atoms with van der Waals surface area (Å²) in [5.74, 6) is 1.51. The highest BCUT2D eigenvalue weighted by atomic mass is 16.1. The summed E-state index contributed by atoms with van der Waals surface area (Å²) < 4.78 is 0. The van der Waals surface area contributed by atoms with Gasteiger partial charge in [0, 0.05) is 25.7 Å². The van der Waals surface area contributed by atoms with Crippen molar-refractivity contribution in [2.45, 2.75) is 73.6 Å². The molecule has 0 bridgehead atoms. The zero-order valence-corrected chi connectivity index (χ0v) is 13.0. The van der Waals surface area contributed by atoms with Crippen LogP contribution in [0.25, 0.3) is 0 Å². The van der Waals surface area contributed by atoms with Crippen LogP contribution >= 0.6 is 0 Å². The van der Waals surface area contributed by atoms with E-state index in [9.17, 15) is 9.59 Å². The zero-order valence-electron chi connectivity index (χ0n) is 13.0. The van der Waals surface area contributed by atoms with Gasteiger partial charge in [0.25, 0.3) is 0 Å². The molecule has 0 amide bonds. The minimum atomic E-state index is -0.0430. The molecule has 0 aromatic carbocycles. The van der Waals surface area contributed by atoms with Crippen molar-refractivity contribution < 1.29 is 9.59 Å². The van der Waals surface area contributed by atoms with Gasteiger partial charge in [-0.15, -0.1) is 0 Å². The Morgan fingerprint density at radius 3 is 1.78 bits per heavy atom. The van der Waals surface area contributed by atoms with E-state index >= 15 is 0 Å². The second kappa shape index (κ2) is 7.70. The molecule has 0 aliphatic heterocycles. The van der Waals surface area contributed by atoms with Crippen molar-refractivity contribution in [3.8, 4) is 0 Å². The minimum absolute atomic E-state index is 0.0430. The summed E-state index contributed by atoms with van der Waals surface area (Å²) in [4.78, 5) is 23.5. The molecule has 0 atom stereocenters. The van der Waals surface area contributed by atoms with Crippen molar-refractivity contribution in [2.24, 2.45) is 17.3 Å². The summed E-state index contributed by atoms with van der Waals surface area (Å²) in [6, 6.07) is 0. The first-order valence-corrected chi connectivity index (χ1v) is 7.16. The van der Waals surface area contributed by atoms with Crippen LogP contribution in [0.1, 0.15) is 73.6 Å². The van der Waals surface area contributed by atoms with Crippen LogP contribution in [0.15, 0.2) is 0 Å². The van der Waals surface area contributed by atoms with E-state index in [0.29, 0.717) is 49.1 Å². The van der Waals surface area contributed by atoms with Gasteiger partial charge in [0.15, 0.2) is 0 Å². The van der Waals surface area contributed by atoms with Gasteiger partial charge in [0.2, 0.25) is 0 Å². The number of hydrogen-bond donors (Lipinski definition) is 0. The quantitative estimate of drug-likeness (QED) is 0.610. The van der Waals surface area contributed by atoms with E-state index in [4.69, 9.17) is 0 Å². The highest BCUT2D eigenvalue weighted by Crippen LogP contribution is 2.28. The first-order valence-electron chi connectivity index (χ1n) is 7.16.